The molecule has 0 radical (unpaired) electrons. The lowest BCUT2D eigenvalue weighted by atomic mass is 10.1. The van der Waals surface area contributed by atoms with Crippen LogP contribution in [-0.2, 0) is 16.1 Å². The third-order valence-electron chi connectivity index (χ3n) is 4.36. The van der Waals surface area contributed by atoms with Gasteiger partial charge in [0.15, 0.2) is 6.61 Å². The number of nitrogens with zero attached hydrogens (tertiary/aromatic N) is 1. The lowest BCUT2D eigenvalue weighted by molar-refractivity contribution is -0.142. The van der Waals surface area contributed by atoms with E-state index in [-0.39, 0.29) is 25.0 Å². The van der Waals surface area contributed by atoms with Crippen molar-refractivity contribution in [2.45, 2.75) is 33.4 Å². The Balaban J connectivity index is 2.15. The van der Waals surface area contributed by atoms with E-state index in [1.165, 1.54) is 4.90 Å². The van der Waals surface area contributed by atoms with E-state index in [1.807, 2.05) is 13.8 Å². The summed E-state index contributed by atoms with van der Waals surface area (Å²) in [7, 11) is 0. The minimum Gasteiger partial charge on any atom is -0.484 e. The molecule has 162 valence electrons. The van der Waals surface area contributed by atoms with E-state index in [4.69, 9.17) is 39.5 Å². The average Bonchev–Trinajstić information content (AvgIpc) is 2.71. The summed E-state index contributed by atoms with van der Waals surface area (Å²) in [5.41, 5.74) is 0.757. The molecule has 0 aromatic heterocycles. The van der Waals surface area contributed by atoms with Crippen molar-refractivity contribution in [2.24, 2.45) is 5.92 Å². The zero-order valence-corrected chi connectivity index (χ0v) is 19.4. The molecule has 30 heavy (non-hydrogen) atoms. The van der Waals surface area contributed by atoms with Gasteiger partial charge in [0, 0.05) is 18.1 Å². The summed E-state index contributed by atoms with van der Waals surface area (Å²) in [6.07, 6.45) is 0. The minimum absolute atomic E-state index is 0.190. The first-order valence-electron chi connectivity index (χ1n) is 9.57. The van der Waals surface area contributed by atoms with Crippen LogP contribution in [0.1, 0.15) is 26.3 Å². The number of nitrogens with one attached hydrogen (secondary N) is 1. The maximum atomic E-state index is 13.0. The van der Waals surface area contributed by atoms with Crippen LogP contribution in [-0.4, -0.2) is 35.9 Å². The number of rotatable bonds is 9. The zero-order valence-electron chi connectivity index (χ0n) is 17.1. The van der Waals surface area contributed by atoms with Crippen molar-refractivity contribution in [2.75, 3.05) is 13.2 Å². The van der Waals surface area contributed by atoms with Crippen LogP contribution in [0.4, 0.5) is 0 Å². The molecule has 2 aromatic rings. The molecule has 0 unspecified atom stereocenters. The van der Waals surface area contributed by atoms with Gasteiger partial charge in [0.25, 0.3) is 5.91 Å². The topological polar surface area (TPSA) is 58.6 Å². The van der Waals surface area contributed by atoms with Gasteiger partial charge in [0.1, 0.15) is 11.8 Å². The highest BCUT2D eigenvalue weighted by atomic mass is 35.5. The Kier molecular flexibility index (Phi) is 9.28. The molecule has 1 N–H and O–H groups in total. The molecule has 0 saturated carbocycles. The SMILES string of the molecule is CC(C)CNC(=O)[C@@H](C)N(Cc1ccc(Cl)c(Cl)c1)C(=O)COc1ccc(Cl)cc1. The second kappa shape index (κ2) is 11.4. The van der Waals surface area contributed by atoms with Crippen LogP contribution in [0.25, 0.3) is 0 Å². The van der Waals surface area contributed by atoms with E-state index in [0.717, 1.165) is 5.56 Å². The smallest absolute Gasteiger partial charge is 0.261 e. The third-order valence-corrected chi connectivity index (χ3v) is 5.36. The van der Waals surface area contributed by atoms with Crippen molar-refractivity contribution >= 4 is 46.6 Å². The average molecular weight is 472 g/mol. The maximum Gasteiger partial charge on any atom is 0.261 e. The van der Waals surface area contributed by atoms with Gasteiger partial charge in [0.2, 0.25) is 5.91 Å². The van der Waals surface area contributed by atoms with E-state index < -0.39 is 6.04 Å². The van der Waals surface area contributed by atoms with Crippen molar-refractivity contribution in [1.29, 1.82) is 0 Å². The van der Waals surface area contributed by atoms with Gasteiger partial charge >= 0.3 is 0 Å². The minimum atomic E-state index is -0.695. The van der Waals surface area contributed by atoms with Crippen molar-refractivity contribution in [3.63, 3.8) is 0 Å². The molecule has 0 aliphatic rings. The second-order valence-corrected chi connectivity index (χ2v) is 8.58. The fourth-order valence-electron chi connectivity index (χ4n) is 2.63. The highest BCUT2D eigenvalue weighted by molar-refractivity contribution is 6.42. The monoisotopic (exact) mass is 470 g/mol. The fourth-order valence-corrected chi connectivity index (χ4v) is 3.08. The number of halogens is 3. The number of hydrogen-bond acceptors (Lipinski definition) is 3. The van der Waals surface area contributed by atoms with E-state index in [9.17, 15) is 9.59 Å². The van der Waals surface area contributed by atoms with E-state index in [1.54, 1.807) is 49.4 Å². The first-order chi connectivity index (χ1) is 14.2. The van der Waals surface area contributed by atoms with Gasteiger partial charge in [-0.25, -0.2) is 0 Å². The van der Waals surface area contributed by atoms with Crippen molar-refractivity contribution < 1.29 is 14.3 Å². The molecule has 2 aromatic carbocycles. The van der Waals surface area contributed by atoms with Crippen LogP contribution in [0.2, 0.25) is 15.1 Å². The number of carbonyl (C=O) groups excluding carboxylic acids is 2. The van der Waals surface area contributed by atoms with Crippen molar-refractivity contribution in [3.8, 4) is 5.75 Å². The van der Waals surface area contributed by atoms with E-state index in [2.05, 4.69) is 5.32 Å². The molecule has 0 aliphatic carbocycles. The Labute approximate surface area is 192 Å². The predicted octanol–water partition coefficient (Wildman–Crippen LogP) is 5.22. The van der Waals surface area contributed by atoms with Crippen molar-refractivity contribution in [3.05, 3.63) is 63.1 Å². The predicted molar refractivity (Wildman–Crippen MR) is 121 cm³/mol. The van der Waals surface area contributed by atoms with Crippen LogP contribution >= 0.6 is 34.8 Å². The Morgan fingerprint density at radius 1 is 1.00 bits per heavy atom. The third kappa shape index (κ3) is 7.38. The van der Waals surface area contributed by atoms with Crippen LogP contribution in [0.5, 0.6) is 5.75 Å². The lowest BCUT2D eigenvalue weighted by Gasteiger charge is -2.29. The lowest BCUT2D eigenvalue weighted by Crippen LogP contribution is -2.49. The van der Waals surface area contributed by atoms with Gasteiger partial charge in [0.05, 0.1) is 10.0 Å². The highest BCUT2D eigenvalue weighted by Crippen LogP contribution is 2.24. The Morgan fingerprint density at radius 2 is 1.67 bits per heavy atom. The second-order valence-electron chi connectivity index (χ2n) is 7.33. The maximum absolute atomic E-state index is 13.0. The molecule has 0 aliphatic heterocycles. The van der Waals surface area contributed by atoms with Crippen molar-refractivity contribution in [1.82, 2.24) is 10.2 Å². The Bertz CT molecular complexity index is 872. The number of hydrogen-bond donors (Lipinski definition) is 1. The Hall–Kier alpha value is -1.95. The quantitative estimate of drug-likeness (QED) is 0.546. The van der Waals surface area contributed by atoms with Crippen LogP contribution in [0, 0.1) is 5.92 Å². The molecule has 8 heteroatoms. The molecular weight excluding hydrogens is 447 g/mol. The molecule has 0 bridgehead atoms. The molecule has 0 spiro atoms. The first-order valence-corrected chi connectivity index (χ1v) is 10.7. The molecule has 0 fully saturated rings. The summed E-state index contributed by atoms with van der Waals surface area (Å²) in [5.74, 6) is 0.250. The summed E-state index contributed by atoms with van der Waals surface area (Å²) < 4.78 is 5.58. The van der Waals surface area contributed by atoms with E-state index in [0.29, 0.717) is 33.3 Å². The van der Waals surface area contributed by atoms with Gasteiger partial charge in [-0.05, 0) is 54.8 Å². The number of amides is 2. The summed E-state index contributed by atoms with van der Waals surface area (Å²) in [6, 6.07) is 11.1. The molecular formula is C22H25Cl3N2O3. The first kappa shape index (κ1) is 24.3. The van der Waals surface area contributed by atoms with Gasteiger partial charge in [-0.15, -0.1) is 0 Å². The molecule has 1 atom stereocenters. The molecule has 5 nitrogen and oxygen atoms in total. The van der Waals surface area contributed by atoms with Gasteiger partial charge in [-0.3, -0.25) is 9.59 Å². The number of benzene rings is 2. The Morgan fingerprint density at radius 3 is 2.27 bits per heavy atom. The molecule has 2 rings (SSSR count). The van der Waals surface area contributed by atoms with E-state index >= 15 is 0 Å². The van der Waals surface area contributed by atoms with Gasteiger partial charge in [-0.2, -0.15) is 0 Å². The zero-order chi connectivity index (χ0) is 22.3. The van der Waals surface area contributed by atoms with Crippen LogP contribution < -0.4 is 10.1 Å². The normalized spacial score (nSPS) is 11.8. The summed E-state index contributed by atoms with van der Waals surface area (Å²) in [4.78, 5) is 27.0. The largest absolute Gasteiger partial charge is 0.484 e. The molecule has 2 amide bonds. The highest BCUT2D eigenvalue weighted by Gasteiger charge is 2.26. The number of ether oxygens (including phenoxy) is 1. The summed E-state index contributed by atoms with van der Waals surface area (Å²) in [5, 5.41) is 4.25. The summed E-state index contributed by atoms with van der Waals surface area (Å²) >= 11 is 18.0. The number of carbonyl (C=O) groups is 2. The molecule has 0 heterocycles. The van der Waals surface area contributed by atoms with Gasteiger partial charge in [-0.1, -0.05) is 54.7 Å². The van der Waals surface area contributed by atoms with Crippen LogP contribution in [0.3, 0.4) is 0 Å². The summed E-state index contributed by atoms with van der Waals surface area (Å²) in [6.45, 7) is 6.19. The van der Waals surface area contributed by atoms with Gasteiger partial charge < -0.3 is 15.0 Å². The van der Waals surface area contributed by atoms with Crippen LogP contribution in [0.15, 0.2) is 42.5 Å². The standard InChI is InChI=1S/C22H25Cl3N2O3/c1-14(2)11-26-22(29)15(3)27(12-16-4-9-19(24)20(25)10-16)21(28)13-30-18-7-5-17(23)6-8-18/h4-10,14-15H,11-13H2,1-3H3,(H,26,29)/t15-/m1/s1. The fraction of sp³-hybridized carbons (Fsp3) is 0.364. The molecule has 0 saturated heterocycles.